The highest BCUT2D eigenvalue weighted by molar-refractivity contribution is 5.87. The Bertz CT molecular complexity index is 728. The van der Waals surface area contributed by atoms with E-state index in [4.69, 9.17) is 5.73 Å². The molecule has 0 saturated carbocycles. The van der Waals surface area contributed by atoms with E-state index >= 15 is 0 Å². The van der Waals surface area contributed by atoms with Crippen LogP contribution in [0.2, 0.25) is 0 Å². The summed E-state index contributed by atoms with van der Waals surface area (Å²) >= 11 is 0. The standard InChI is InChI=1S/C15H18N4/c1-9-5-4-6-10-7-11(18-13(9)10)14-17-8-12(19-14)15(2,3)16/h4-8,18H,16H2,1-3H3,(H,17,19). The third-order valence-corrected chi connectivity index (χ3v) is 3.39. The molecule has 0 aliphatic carbocycles. The molecule has 3 aromatic rings. The summed E-state index contributed by atoms with van der Waals surface area (Å²) in [7, 11) is 0. The van der Waals surface area contributed by atoms with Gasteiger partial charge in [-0.2, -0.15) is 0 Å². The lowest BCUT2D eigenvalue weighted by Crippen LogP contribution is -2.28. The number of benzene rings is 1. The first kappa shape index (κ1) is 12.0. The van der Waals surface area contributed by atoms with E-state index in [9.17, 15) is 0 Å². The predicted octanol–water partition coefficient (Wildman–Crippen LogP) is 3.06. The van der Waals surface area contributed by atoms with Crippen molar-refractivity contribution in [3.8, 4) is 11.5 Å². The minimum atomic E-state index is -0.410. The van der Waals surface area contributed by atoms with E-state index in [1.807, 2.05) is 13.8 Å². The highest BCUT2D eigenvalue weighted by Crippen LogP contribution is 2.25. The van der Waals surface area contributed by atoms with Gasteiger partial charge in [-0.3, -0.25) is 0 Å². The number of aromatic amines is 2. The second-order valence-corrected chi connectivity index (χ2v) is 5.59. The van der Waals surface area contributed by atoms with Gasteiger partial charge < -0.3 is 15.7 Å². The maximum atomic E-state index is 6.07. The number of nitrogens with two attached hydrogens (primary N) is 1. The van der Waals surface area contributed by atoms with Crippen molar-refractivity contribution in [3.63, 3.8) is 0 Å². The average Bonchev–Trinajstić information content (AvgIpc) is 2.94. The Balaban J connectivity index is 2.09. The van der Waals surface area contributed by atoms with Crippen molar-refractivity contribution in [1.29, 1.82) is 0 Å². The molecule has 2 aromatic heterocycles. The number of aryl methyl sites for hydroxylation is 1. The van der Waals surface area contributed by atoms with Gasteiger partial charge in [0.05, 0.1) is 23.1 Å². The van der Waals surface area contributed by atoms with Crippen molar-refractivity contribution in [1.82, 2.24) is 15.0 Å². The summed E-state index contributed by atoms with van der Waals surface area (Å²) in [5.74, 6) is 0.823. The quantitative estimate of drug-likeness (QED) is 0.657. The van der Waals surface area contributed by atoms with Crippen LogP contribution in [0.1, 0.15) is 25.1 Å². The second-order valence-electron chi connectivity index (χ2n) is 5.59. The molecule has 19 heavy (non-hydrogen) atoms. The molecule has 4 heteroatoms. The van der Waals surface area contributed by atoms with E-state index in [-0.39, 0.29) is 0 Å². The van der Waals surface area contributed by atoms with Gasteiger partial charge in [-0.25, -0.2) is 4.98 Å². The van der Waals surface area contributed by atoms with Crippen molar-refractivity contribution in [3.05, 3.63) is 41.7 Å². The monoisotopic (exact) mass is 254 g/mol. The van der Waals surface area contributed by atoms with Crippen LogP contribution in [0.4, 0.5) is 0 Å². The van der Waals surface area contributed by atoms with Gasteiger partial charge in [0.1, 0.15) is 0 Å². The third-order valence-electron chi connectivity index (χ3n) is 3.39. The molecule has 0 unspecified atom stereocenters. The maximum Gasteiger partial charge on any atom is 0.154 e. The summed E-state index contributed by atoms with van der Waals surface area (Å²) in [6.45, 7) is 6.01. The number of hydrogen-bond acceptors (Lipinski definition) is 2. The second kappa shape index (κ2) is 3.96. The fourth-order valence-corrected chi connectivity index (χ4v) is 2.22. The van der Waals surface area contributed by atoms with Crippen molar-refractivity contribution >= 4 is 10.9 Å². The van der Waals surface area contributed by atoms with Crippen LogP contribution in [-0.4, -0.2) is 15.0 Å². The van der Waals surface area contributed by atoms with E-state index in [0.29, 0.717) is 0 Å². The van der Waals surface area contributed by atoms with Gasteiger partial charge in [0, 0.05) is 10.9 Å². The highest BCUT2D eigenvalue weighted by Gasteiger charge is 2.18. The lowest BCUT2D eigenvalue weighted by molar-refractivity contribution is 0.538. The van der Waals surface area contributed by atoms with Crippen LogP contribution < -0.4 is 5.73 Å². The number of hydrogen-bond donors (Lipinski definition) is 3. The van der Waals surface area contributed by atoms with E-state index in [2.05, 4.69) is 46.1 Å². The van der Waals surface area contributed by atoms with Crippen LogP contribution in [0, 0.1) is 6.92 Å². The summed E-state index contributed by atoms with van der Waals surface area (Å²) in [6.07, 6.45) is 1.80. The van der Waals surface area contributed by atoms with Gasteiger partial charge in [0.15, 0.2) is 5.82 Å². The number of H-pyrrole nitrogens is 2. The van der Waals surface area contributed by atoms with E-state index < -0.39 is 5.54 Å². The zero-order valence-corrected chi connectivity index (χ0v) is 11.4. The number of para-hydroxylation sites is 1. The van der Waals surface area contributed by atoms with Gasteiger partial charge in [-0.1, -0.05) is 18.2 Å². The molecule has 1 aromatic carbocycles. The first-order valence-electron chi connectivity index (χ1n) is 6.38. The topological polar surface area (TPSA) is 70.5 Å². The number of imidazole rings is 1. The molecule has 2 heterocycles. The van der Waals surface area contributed by atoms with Crippen LogP contribution in [0.15, 0.2) is 30.5 Å². The minimum Gasteiger partial charge on any atom is -0.352 e. The average molecular weight is 254 g/mol. The summed E-state index contributed by atoms with van der Waals surface area (Å²) in [5, 5.41) is 1.19. The Morgan fingerprint density at radius 1 is 1.21 bits per heavy atom. The fourth-order valence-electron chi connectivity index (χ4n) is 2.22. The lowest BCUT2D eigenvalue weighted by Gasteiger charge is -2.15. The molecule has 0 atom stereocenters. The van der Waals surface area contributed by atoms with E-state index in [1.165, 1.54) is 10.9 Å². The molecular weight excluding hydrogens is 236 g/mol. The van der Waals surface area contributed by atoms with Crippen LogP contribution >= 0.6 is 0 Å². The summed E-state index contributed by atoms with van der Waals surface area (Å²) in [4.78, 5) is 11.1. The SMILES string of the molecule is Cc1cccc2cc(-c3ncc(C(C)(C)N)[nH]3)[nH]c12. The van der Waals surface area contributed by atoms with Crippen molar-refractivity contribution in [2.45, 2.75) is 26.3 Å². The molecule has 0 aliphatic heterocycles. The van der Waals surface area contributed by atoms with E-state index in [1.54, 1.807) is 6.20 Å². The number of nitrogens with zero attached hydrogens (tertiary/aromatic N) is 1. The highest BCUT2D eigenvalue weighted by atomic mass is 15.0. The molecular formula is C15H18N4. The molecule has 0 bridgehead atoms. The predicted molar refractivity (Wildman–Crippen MR) is 77.8 cm³/mol. The van der Waals surface area contributed by atoms with Crippen molar-refractivity contribution in [2.75, 3.05) is 0 Å². The molecule has 0 saturated heterocycles. The molecule has 3 rings (SSSR count). The molecule has 0 spiro atoms. The molecule has 0 aliphatic rings. The van der Waals surface area contributed by atoms with Crippen LogP contribution in [-0.2, 0) is 5.54 Å². The number of nitrogens with one attached hydrogen (secondary N) is 2. The smallest absolute Gasteiger partial charge is 0.154 e. The van der Waals surface area contributed by atoms with Crippen LogP contribution in [0.5, 0.6) is 0 Å². The molecule has 4 N–H and O–H groups in total. The van der Waals surface area contributed by atoms with Crippen molar-refractivity contribution < 1.29 is 0 Å². The van der Waals surface area contributed by atoms with Crippen LogP contribution in [0.25, 0.3) is 22.4 Å². The molecule has 4 nitrogen and oxygen atoms in total. The van der Waals surface area contributed by atoms with Gasteiger partial charge >= 0.3 is 0 Å². The van der Waals surface area contributed by atoms with Gasteiger partial charge in [-0.05, 0) is 32.4 Å². The molecule has 0 amide bonds. The van der Waals surface area contributed by atoms with Crippen molar-refractivity contribution in [2.24, 2.45) is 5.73 Å². The number of rotatable bonds is 2. The largest absolute Gasteiger partial charge is 0.352 e. The Morgan fingerprint density at radius 3 is 2.63 bits per heavy atom. The Hall–Kier alpha value is -2.07. The third kappa shape index (κ3) is 2.04. The normalized spacial score (nSPS) is 12.2. The number of fused-ring (bicyclic) bond motifs is 1. The van der Waals surface area contributed by atoms with Crippen LogP contribution in [0.3, 0.4) is 0 Å². The van der Waals surface area contributed by atoms with E-state index in [0.717, 1.165) is 22.7 Å². The summed E-state index contributed by atoms with van der Waals surface area (Å²) in [5.41, 5.74) is 9.96. The molecule has 0 radical (unpaired) electrons. The molecule has 0 fully saturated rings. The Labute approximate surface area is 112 Å². The first-order valence-corrected chi connectivity index (χ1v) is 6.38. The summed E-state index contributed by atoms with van der Waals surface area (Å²) in [6, 6.07) is 8.36. The Kier molecular flexibility index (Phi) is 2.50. The Morgan fingerprint density at radius 2 is 2.00 bits per heavy atom. The molecule has 98 valence electrons. The van der Waals surface area contributed by atoms with Gasteiger partial charge in [0.2, 0.25) is 0 Å². The van der Waals surface area contributed by atoms with Gasteiger partial charge in [0.25, 0.3) is 0 Å². The summed E-state index contributed by atoms with van der Waals surface area (Å²) < 4.78 is 0. The number of aromatic nitrogens is 3. The van der Waals surface area contributed by atoms with Gasteiger partial charge in [-0.15, -0.1) is 0 Å². The lowest BCUT2D eigenvalue weighted by atomic mass is 10.0. The first-order chi connectivity index (χ1) is 8.95. The zero-order chi connectivity index (χ0) is 13.6. The maximum absolute atomic E-state index is 6.07. The minimum absolute atomic E-state index is 0.410. The fraction of sp³-hybridized carbons (Fsp3) is 0.267. The zero-order valence-electron chi connectivity index (χ0n) is 11.4.